The molecule has 6 heteroatoms. The first-order chi connectivity index (χ1) is 12.1. The molecule has 0 saturated heterocycles. The molecule has 0 bridgehead atoms. The maximum atomic E-state index is 12.8. The van der Waals surface area contributed by atoms with Crippen LogP contribution in [0.2, 0.25) is 5.02 Å². The van der Waals surface area contributed by atoms with Crippen molar-refractivity contribution in [3.8, 4) is 6.07 Å². The molecule has 3 aromatic rings. The van der Waals surface area contributed by atoms with E-state index in [1.165, 1.54) is 16.2 Å². The van der Waals surface area contributed by atoms with E-state index in [-0.39, 0.29) is 5.91 Å². The van der Waals surface area contributed by atoms with Crippen LogP contribution < -0.4 is 5.32 Å². The Balaban J connectivity index is 1.72. The molecular weight excluding hydrogens is 354 g/mol. The number of benzene rings is 1. The van der Waals surface area contributed by atoms with Crippen LogP contribution in [0.3, 0.4) is 0 Å². The third kappa shape index (κ3) is 2.62. The number of nitriles is 1. The number of carbonyl (C=O) groups excluding carboxylic acids is 1. The van der Waals surface area contributed by atoms with Gasteiger partial charge in [0, 0.05) is 27.9 Å². The van der Waals surface area contributed by atoms with Gasteiger partial charge in [-0.2, -0.15) is 5.26 Å². The number of rotatable bonds is 2. The van der Waals surface area contributed by atoms with Crippen LogP contribution in [0.25, 0.3) is 10.9 Å². The highest BCUT2D eigenvalue weighted by Crippen LogP contribution is 2.38. The maximum absolute atomic E-state index is 12.8. The molecule has 126 valence electrons. The summed E-state index contributed by atoms with van der Waals surface area (Å²) in [6.45, 7) is 0. The second-order valence-electron chi connectivity index (χ2n) is 6.24. The van der Waals surface area contributed by atoms with Crippen molar-refractivity contribution in [1.82, 2.24) is 4.57 Å². The minimum Gasteiger partial charge on any atom is -0.340 e. The van der Waals surface area contributed by atoms with Crippen molar-refractivity contribution in [3.63, 3.8) is 0 Å². The molecule has 1 N–H and O–H groups in total. The molecule has 1 aliphatic rings. The number of nitrogens with one attached hydrogen (secondary N) is 1. The Hall–Kier alpha value is -2.29. The number of thiophene rings is 1. The van der Waals surface area contributed by atoms with E-state index in [2.05, 4.69) is 11.4 Å². The molecule has 4 nitrogen and oxygen atoms in total. The summed E-state index contributed by atoms with van der Waals surface area (Å²) < 4.78 is 1.83. The predicted octanol–water partition coefficient (Wildman–Crippen LogP) is 4.90. The van der Waals surface area contributed by atoms with E-state index in [4.69, 9.17) is 11.6 Å². The fourth-order valence-corrected chi connectivity index (χ4v) is 4.94. The summed E-state index contributed by atoms with van der Waals surface area (Å²) in [5, 5.41) is 14.6. The molecule has 0 radical (unpaired) electrons. The minimum atomic E-state index is -0.218. The van der Waals surface area contributed by atoms with Gasteiger partial charge in [0.25, 0.3) is 5.91 Å². The minimum absolute atomic E-state index is 0.218. The Morgan fingerprint density at radius 3 is 2.92 bits per heavy atom. The van der Waals surface area contributed by atoms with Gasteiger partial charge < -0.3 is 9.88 Å². The maximum Gasteiger partial charge on any atom is 0.272 e. The Kier molecular flexibility index (Phi) is 4.03. The van der Waals surface area contributed by atoms with Crippen LogP contribution in [0.5, 0.6) is 0 Å². The van der Waals surface area contributed by atoms with Crippen molar-refractivity contribution in [2.45, 2.75) is 25.7 Å². The predicted molar refractivity (Wildman–Crippen MR) is 102 cm³/mol. The molecule has 2 aromatic heterocycles. The van der Waals surface area contributed by atoms with E-state index in [9.17, 15) is 10.1 Å². The fourth-order valence-electron chi connectivity index (χ4n) is 3.48. The lowest BCUT2D eigenvalue weighted by Gasteiger charge is -2.09. The Labute approximate surface area is 154 Å². The molecule has 4 rings (SSSR count). The van der Waals surface area contributed by atoms with E-state index in [1.807, 2.05) is 29.8 Å². The molecule has 0 spiro atoms. The van der Waals surface area contributed by atoms with Crippen molar-refractivity contribution in [3.05, 3.63) is 51.0 Å². The summed E-state index contributed by atoms with van der Waals surface area (Å²) in [7, 11) is 1.85. The van der Waals surface area contributed by atoms with E-state index in [0.717, 1.165) is 42.1 Å². The van der Waals surface area contributed by atoms with Crippen LogP contribution >= 0.6 is 22.9 Å². The number of anilines is 1. The highest BCUT2D eigenvalue weighted by Gasteiger charge is 2.23. The quantitative estimate of drug-likeness (QED) is 0.698. The summed E-state index contributed by atoms with van der Waals surface area (Å²) in [6.07, 6.45) is 4.17. The molecule has 0 saturated carbocycles. The van der Waals surface area contributed by atoms with Crippen molar-refractivity contribution in [1.29, 1.82) is 5.26 Å². The van der Waals surface area contributed by atoms with Crippen LogP contribution in [0.4, 0.5) is 5.00 Å². The monoisotopic (exact) mass is 369 g/mol. The number of hydrogen-bond acceptors (Lipinski definition) is 3. The number of hydrogen-bond donors (Lipinski definition) is 1. The first kappa shape index (κ1) is 16.2. The smallest absolute Gasteiger partial charge is 0.272 e. The molecule has 0 aliphatic heterocycles. The first-order valence-corrected chi connectivity index (χ1v) is 9.39. The molecule has 2 heterocycles. The van der Waals surface area contributed by atoms with Crippen LogP contribution in [0.1, 0.15) is 39.3 Å². The number of nitrogens with zero attached hydrogens (tertiary/aromatic N) is 2. The molecule has 0 atom stereocenters. The van der Waals surface area contributed by atoms with E-state index in [0.29, 0.717) is 21.3 Å². The van der Waals surface area contributed by atoms with Gasteiger partial charge in [-0.25, -0.2) is 0 Å². The zero-order valence-corrected chi connectivity index (χ0v) is 15.3. The Bertz CT molecular complexity index is 1040. The standard InChI is InChI=1S/C19H16ClN3OS/c1-23-15-7-4-6-14(20)12(15)9-16(23)18(24)22-19-13(10-21)11-5-2-3-8-17(11)25-19/h4,6-7,9H,2-3,5,8H2,1H3,(H,22,24). The second kappa shape index (κ2) is 6.21. The topological polar surface area (TPSA) is 57.8 Å². The first-order valence-electron chi connectivity index (χ1n) is 8.20. The van der Waals surface area contributed by atoms with Gasteiger partial charge in [-0.3, -0.25) is 4.79 Å². The number of aromatic nitrogens is 1. The number of halogens is 1. The molecule has 1 amide bonds. The van der Waals surface area contributed by atoms with Gasteiger partial charge in [0.2, 0.25) is 0 Å². The average molecular weight is 370 g/mol. The van der Waals surface area contributed by atoms with E-state index < -0.39 is 0 Å². The summed E-state index contributed by atoms with van der Waals surface area (Å²) in [5.74, 6) is -0.218. The number of carbonyl (C=O) groups is 1. The second-order valence-corrected chi connectivity index (χ2v) is 7.75. The van der Waals surface area contributed by atoms with Gasteiger partial charge in [0.15, 0.2) is 0 Å². The highest BCUT2D eigenvalue weighted by molar-refractivity contribution is 7.16. The third-order valence-electron chi connectivity index (χ3n) is 4.78. The van der Waals surface area contributed by atoms with Crippen LogP contribution in [-0.4, -0.2) is 10.5 Å². The third-order valence-corrected chi connectivity index (χ3v) is 6.31. The highest BCUT2D eigenvalue weighted by atomic mass is 35.5. The summed E-state index contributed by atoms with van der Waals surface area (Å²) in [5.41, 5.74) is 3.18. The number of aryl methyl sites for hydroxylation is 2. The summed E-state index contributed by atoms with van der Waals surface area (Å²) in [6, 6.07) is 9.69. The van der Waals surface area contributed by atoms with Gasteiger partial charge in [0.05, 0.1) is 5.56 Å². The normalized spacial score (nSPS) is 13.5. The Morgan fingerprint density at radius 1 is 1.36 bits per heavy atom. The molecule has 1 aliphatic carbocycles. The van der Waals surface area contributed by atoms with Gasteiger partial charge >= 0.3 is 0 Å². The fraction of sp³-hybridized carbons (Fsp3) is 0.263. The van der Waals surface area contributed by atoms with Crippen molar-refractivity contribution >= 4 is 44.7 Å². The molecule has 25 heavy (non-hydrogen) atoms. The van der Waals surface area contributed by atoms with Crippen molar-refractivity contribution < 1.29 is 4.79 Å². The molecular formula is C19H16ClN3OS. The summed E-state index contributed by atoms with van der Waals surface area (Å²) >= 11 is 7.77. The zero-order chi connectivity index (χ0) is 17.6. The van der Waals surface area contributed by atoms with Gasteiger partial charge in [-0.05, 0) is 49.4 Å². The van der Waals surface area contributed by atoms with Crippen molar-refractivity contribution in [2.24, 2.45) is 7.05 Å². The lowest BCUT2D eigenvalue weighted by Crippen LogP contribution is -2.15. The van der Waals surface area contributed by atoms with E-state index in [1.54, 1.807) is 6.07 Å². The van der Waals surface area contributed by atoms with Gasteiger partial charge in [-0.15, -0.1) is 11.3 Å². The van der Waals surface area contributed by atoms with Crippen molar-refractivity contribution in [2.75, 3.05) is 5.32 Å². The van der Waals surface area contributed by atoms with Gasteiger partial charge in [0.1, 0.15) is 16.8 Å². The lowest BCUT2D eigenvalue weighted by molar-refractivity contribution is 0.102. The molecule has 0 unspecified atom stereocenters. The largest absolute Gasteiger partial charge is 0.340 e. The van der Waals surface area contributed by atoms with Crippen LogP contribution in [0, 0.1) is 11.3 Å². The molecule has 1 aromatic carbocycles. The Morgan fingerprint density at radius 2 is 2.16 bits per heavy atom. The van der Waals surface area contributed by atoms with Crippen LogP contribution in [0.15, 0.2) is 24.3 Å². The lowest BCUT2D eigenvalue weighted by atomic mass is 9.96. The van der Waals surface area contributed by atoms with Gasteiger partial charge in [-0.1, -0.05) is 17.7 Å². The van der Waals surface area contributed by atoms with E-state index >= 15 is 0 Å². The molecule has 0 fully saturated rings. The average Bonchev–Trinajstić information content (AvgIpc) is 3.13. The zero-order valence-electron chi connectivity index (χ0n) is 13.7. The van der Waals surface area contributed by atoms with Crippen LogP contribution in [-0.2, 0) is 19.9 Å². The number of fused-ring (bicyclic) bond motifs is 2. The SMILES string of the molecule is Cn1c(C(=O)Nc2sc3c(c2C#N)CCCC3)cc2c(Cl)cccc21. The number of amides is 1. The summed E-state index contributed by atoms with van der Waals surface area (Å²) in [4.78, 5) is 14.1.